The largest absolute Gasteiger partial charge is 0.490 e. The number of fused-ring (bicyclic) bond motifs is 1. The van der Waals surface area contributed by atoms with Crippen molar-refractivity contribution in [3.63, 3.8) is 0 Å². The Morgan fingerprint density at radius 2 is 1.68 bits per heavy atom. The summed E-state index contributed by atoms with van der Waals surface area (Å²) in [4.78, 5) is 24.3. The van der Waals surface area contributed by atoms with Crippen molar-refractivity contribution in [2.75, 3.05) is 20.3 Å². The maximum absolute atomic E-state index is 12.2. The lowest BCUT2D eigenvalue weighted by Crippen LogP contribution is -2.62. The van der Waals surface area contributed by atoms with Gasteiger partial charge in [-0.3, -0.25) is 9.59 Å². The molecule has 1 saturated carbocycles. The summed E-state index contributed by atoms with van der Waals surface area (Å²) in [7, 11) is 1.50. The highest BCUT2D eigenvalue weighted by atomic mass is 35.5. The van der Waals surface area contributed by atoms with E-state index in [1.165, 1.54) is 21.0 Å². The quantitative estimate of drug-likeness (QED) is 0.385. The highest BCUT2D eigenvalue weighted by molar-refractivity contribution is 6.31. The van der Waals surface area contributed by atoms with Crippen molar-refractivity contribution in [2.24, 2.45) is 17.8 Å². The lowest BCUT2D eigenvalue weighted by Gasteiger charge is -2.50. The molecule has 0 aromatic heterocycles. The Labute approximate surface area is 240 Å². The summed E-state index contributed by atoms with van der Waals surface area (Å²) in [6.07, 6.45) is -0.684. The van der Waals surface area contributed by atoms with Crippen molar-refractivity contribution < 1.29 is 38.0 Å². The second-order valence-electron chi connectivity index (χ2n) is 11.0. The number of methoxy groups -OCH3 is 1. The van der Waals surface area contributed by atoms with Crippen molar-refractivity contribution in [1.29, 1.82) is 0 Å². The first kappa shape index (κ1) is 28.9. The van der Waals surface area contributed by atoms with Gasteiger partial charge in [0.25, 0.3) is 0 Å². The molecular weight excluding hydrogens is 536 g/mol. The highest BCUT2D eigenvalue weighted by Crippen LogP contribution is 2.47. The monoisotopic (exact) mass is 572 g/mol. The van der Waals surface area contributed by atoms with Crippen LogP contribution in [0.15, 0.2) is 42.5 Å². The smallest absolute Gasteiger partial charge is 0.303 e. The lowest BCUT2D eigenvalue weighted by atomic mass is 9.81. The predicted molar refractivity (Wildman–Crippen MR) is 147 cm³/mol. The molecule has 0 N–H and O–H groups in total. The molecule has 7 atom stereocenters. The first-order valence-corrected chi connectivity index (χ1v) is 14.2. The summed E-state index contributed by atoms with van der Waals surface area (Å²) in [5, 5.41) is 0.581. The van der Waals surface area contributed by atoms with Crippen molar-refractivity contribution in [3.8, 4) is 5.75 Å². The molecule has 1 aliphatic carbocycles. The van der Waals surface area contributed by atoms with Gasteiger partial charge in [-0.1, -0.05) is 43.6 Å². The zero-order chi connectivity index (χ0) is 28.6. The number of halogens is 1. The Morgan fingerprint density at radius 1 is 1.00 bits per heavy atom. The van der Waals surface area contributed by atoms with Crippen LogP contribution < -0.4 is 4.74 Å². The molecule has 2 aromatic carbocycles. The van der Waals surface area contributed by atoms with E-state index in [0.717, 1.165) is 30.1 Å². The molecule has 0 spiro atoms. The van der Waals surface area contributed by atoms with Crippen LogP contribution in [0.5, 0.6) is 5.75 Å². The molecule has 2 aromatic rings. The fourth-order valence-electron chi connectivity index (χ4n) is 6.11. The fraction of sp³-hybridized carbons (Fsp3) is 0.548. The molecule has 8 nitrogen and oxygen atoms in total. The van der Waals surface area contributed by atoms with Crippen LogP contribution in [0.2, 0.25) is 5.02 Å². The van der Waals surface area contributed by atoms with Crippen LogP contribution in [0.4, 0.5) is 0 Å². The topological polar surface area (TPSA) is 89.5 Å². The molecule has 40 heavy (non-hydrogen) atoms. The van der Waals surface area contributed by atoms with Gasteiger partial charge in [0.2, 0.25) is 5.79 Å². The standard InChI is InChI=1S/C31H37ClO8/c1-6-27-17(2)28(37-18(3)33)30(38-19(4)34)31(35-5,40-27)22-9-12-26(32)21(14-22)13-20-7-10-23(11-8-20)39-29-24-15-36-16-25(24)29/h7-12,14,17,24-25,27-30H,6,13,15-16H2,1-5H3/t17-,24?,25?,27-,28+,29?,30-,31?/m1/s1. The minimum Gasteiger partial charge on any atom is -0.490 e. The van der Waals surface area contributed by atoms with E-state index in [2.05, 4.69) is 0 Å². The van der Waals surface area contributed by atoms with E-state index in [1.54, 1.807) is 12.1 Å². The zero-order valence-electron chi connectivity index (χ0n) is 23.6. The van der Waals surface area contributed by atoms with Gasteiger partial charge in [-0.25, -0.2) is 0 Å². The molecule has 0 radical (unpaired) electrons. The fourth-order valence-corrected chi connectivity index (χ4v) is 6.29. The van der Waals surface area contributed by atoms with E-state index < -0.39 is 29.9 Å². The number of hydrogen-bond donors (Lipinski definition) is 0. The average molecular weight is 573 g/mol. The van der Waals surface area contributed by atoms with Crippen LogP contribution in [0.3, 0.4) is 0 Å². The molecule has 2 heterocycles. The van der Waals surface area contributed by atoms with Gasteiger partial charge < -0.3 is 28.4 Å². The second-order valence-corrected chi connectivity index (χ2v) is 11.4. The van der Waals surface area contributed by atoms with E-state index >= 15 is 0 Å². The van der Waals surface area contributed by atoms with Crippen molar-refractivity contribution >= 4 is 23.5 Å². The molecule has 2 aliphatic heterocycles. The number of rotatable bonds is 9. The SMILES string of the molecule is CC[C@H]1OC(OC)(c2ccc(Cl)c(Cc3ccc(OC4C5COCC54)cc3)c2)[C@H](OC(C)=O)[C@@H](OC(C)=O)[C@@H]1C. The zero-order valence-corrected chi connectivity index (χ0v) is 24.3. The maximum Gasteiger partial charge on any atom is 0.303 e. The third kappa shape index (κ3) is 5.59. The van der Waals surface area contributed by atoms with E-state index in [4.69, 9.17) is 40.0 Å². The van der Waals surface area contributed by atoms with Crippen LogP contribution in [0.1, 0.15) is 50.8 Å². The number of carbonyl (C=O) groups excluding carboxylic acids is 2. The van der Waals surface area contributed by atoms with Gasteiger partial charge in [0.05, 0.1) is 19.3 Å². The summed E-state index contributed by atoms with van der Waals surface area (Å²) in [5.41, 5.74) is 2.51. The van der Waals surface area contributed by atoms with Gasteiger partial charge in [0.15, 0.2) is 6.10 Å². The molecule has 0 bridgehead atoms. The highest BCUT2D eigenvalue weighted by Gasteiger charge is 2.58. The number of ether oxygens (including phenoxy) is 6. The van der Waals surface area contributed by atoms with E-state index in [1.807, 2.05) is 44.2 Å². The molecule has 2 saturated heterocycles. The van der Waals surface area contributed by atoms with Gasteiger partial charge in [-0.05, 0) is 48.2 Å². The molecule has 5 rings (SSSR count). The number of hydrogen-bond acceptors (Lipinski definition) is 8. The molecule has 216 valence electrons. The second kappa shape index (κ2) is 11.7. The Hall–Kier alpha value is -2.65. The van der Waals surface area contributed by atoms with Crippen LogP contribution in [-0.2, 0) is 45.5 Å². The first-order valence-electron chi connectivity index (χ1n) is 13.9. The van der Waals surface area contributed by atoms with Gasteiger partial charge >= 0.3 is 11.9 Å². The van der Waals surface area contributed by atoms with E-state index in [0.29, 0.717) is 35.3 Å². The summed E-state index contributed by atoms with van der Waals surface area (Å²) in [6.45, 7) is 8.12. The Morgan fingerprint density at radius 3 is 2.27 bits per heavy atom. The van der Waals surface area contributed by atoms with Gasteiger partial charge in [-0.15, -0.1) is 0 Å². The number of benzene rings is 2. The summed E-state index contributed by atoms with van der Waals surface area (Å²) in [6, 6.07) is 13.5. The predicted octanol–water partition coefficient (Wildman–Crippen LogP) is 5.06. The Balaban J connectivity index is 1.43. The van der Waals surface area contributed by atoms with Crippen molar-refractivity contribution in [2.45, 2.75) is 70.7 Å². The minimum atomic E-state index is -1.51. The van der Waals surface area contributed by atoms with Gasteiger partial charge in [0.1, 0.15) is 18.0 Å². The van der Waals surface area contributed by atoms with Crippen molar-refractivity contribution in [3.05, 3.63) is 64.2 Å². The van der Waals surface area contributed by atoms with Crippen LogP contribution >= 0.6 is 11.6 Å². The third-order valence-corrected chi connectivity index (χ3v) is 8.69. The van der Waals surface area contributed by atoms with Crippen LogP contribution in [0.25, 0.3) is 0 Å². The summed E-state index contributed by atoms with van der Waals surface area (Å²) >= 11 is 6.66. The Bertz CT molecular complexity index is 1220. The number of carbonyl (C=O) groups is 2. The Kier molecular flexibility index (Phi) is 8.43. The maximum atomic E-state index is 12.2. The summed E-state index contributed by atoms with van der Waals surface area (Å²) in [5.74, 6) is -0.881. The molecular formula is C31H37ClO8. The third-order valence-electron chi connectivity index (χ3n) is 8.32. The first-order chi connectivity index (χ1) is 19.2. The molecule has 3 fully saturated rings. The number of esters is 2. The van der Waals surface area contributed by atoms with Crippen LogP contribution in [-0.4, -0.2) is 56.7 Å². The lowest BCUT2D eigenvalue weighted by molar-refractivity contribution is -0.356. The molecule has 9 heteroatoms. The molecule has 3 aliphatic rings. The molecule has 3 unspecified atom stereocenters. The normalized spacial score (nSPS) is 32.7. The van der Waals surface area contributed by atoms with Gasteiger partial charge in [-0.2, -0.15) is 0 Å². The van der Waals surface area contributed by atoms with Crippen LogP contribution in [0, 0.1) is 17.8 Å². The minimum absolute atomic E-state index is 0.239. The molecule has 0 amide bonds. The van der Waals surface area contributed by atoms with E-state index in [-0.39, 0.29) is 18.1 Å². The van der Waals surface area contributed by atoms with Gasteiger partial charge in [0, 0.05) is 49.3 Å². The average Bonchev–Trinajstić information content (AvgIpc) is 3.32. The summed E-state index contributed by atoms with van der Waals surface area (Å²) < 4.78 is 35.7. The van der Waals surface area contributed by atoms with Crippen molar-refractivity contribution in [1.82, 2.24) is 0 Å². The van der Waals surface area contributed by atoms with E-state index in [9.17, 15) is 9.59 Å².